The minimum atomic E-state index is -4.04. The van der Waals surface area contributed by atoms with Gasteiger partial charge in [0.2, 0.25) is 0 Å². The van der Waals surface area contributed by atoms with Gasteiger partial charge < -0.3 is 13.9 Å². The maximum absolute atomic E-state index is 12.5. The van der Waals surface area contributed by atoms with Crippen molar-refractivity contribution < 1.29 is 35.9 Å². The van der Waals surface area contributed by atoms with Gasteiger partial charge in [-0.05, 0) is 54.4 Å². The number of carbonyl (C=O) groups is 1. The van der Waals surface area contributed by atoms with E-state index in [9.17, 15) is 22.0 Å². The van der Waals surface area contributed by atoms with E-state index in [0.717, 1.165) is 11.1 Å². The van der Waals surface area contributed by atoms with E-state index >= 15 is 0 Å². The van der Waals surface area contributed by atoms with Crippen molar-refractivity contribution in [1.29, 1.82) is 0 Å². The van der Waals surface area contributed by atoms with E-state index in [0.29, 0.717) is 16.9 Å². The van der Waals surface area contributed by atoms with E-state index in [1.807, 2.05) is 16.9 Å². The molecular weight excluding hydrogens is 492 g/mol. The van der Waals surface area contributed by atoms with E-state index in [1.54, 1.807) is 49.4 Å². The summed E-state index contributed by atoms with van der Waals surface area (Å²) in [6.45, 7) is -1.15. The number of benzene rings is 3. The van der Waals surface area contributed by atoms with Crippen LogP contribution in [-0.2, 0) is 16.6 Å². The number of rotatable bonds is 9. The molecule has 0 radical (unpaired) electrons. The molecule has 0 spiro atoms. The Morgan fingerprint density at radius 3 is 2.08 bits per heavy atom. The van der Waals surface area contributed by atoms with Crippen LogP contribution in [0.5, 0.6) is 11.5 Å². The van der Waals surface area contributed by atoms with E-state index in [-0.39, 0.29) is 23.0 Å². The molecule has 4 rings (SSSR count). The Hall–Kier alpha value is -4.18. The summed E-state index contributed by atoms with van der Waals surface area (Å²) in [6, 6.07) is 20.9. The quantitative estimate of drug-likeness (QED) is 0.315. The predicted octanol–water partition coefficient (Wildman–Crippen LogP) is 5.55. The summed E-state index contributed by atoms with van der Waals surface area (Å²) in [5.41, 5.74) is 2.70. The molecule has 186 valence electrons. The third kappa shape index (κ3) is 5.89. The fourth-order valence-electron chi connectivity index (χ4n) is 3.38. The minimum absolute atomic E-state index is 0.0352. The van der Waals surface area contributed by atoms with Crippen LogP contribution in [0.25, 0.3) is 11.1 Å². The van der Waals surface area contributed by atoms with Gasteiger partial charge in [-0.1, -0.05) is 42.5 Å². The average Bonchev–Trinajstić information content (AvgIpc) is 3.24. The first-order chi connectivity index (χ1) is 17.2. The molecule has 0 saturated carbocycles. The van der Waals surface area contributed by atoms with E-state index in [1.165, 1.54) is 30.5 Å². The number of hydrogen-bond donors (Lipinski definition) is 1. The number of nitrogens with one attached hydrogen (secondary N) is 1. The number of furan rings is 1. The molecule has 3 aromatic carbocycles. The minimum Gasteiger partial charge on any atom is -0.489 e. The molecule has 4 aromatic rings. The van der Waals surface area contributed by atoms with Gasteiger partial charge in [0.25, 0.3) is 10.0 Å². The summed E-state index contributed by atoms with van der Waals surface area (Å²) < 4.78 is 66.8. The zero-order valence-corrected chi connectivity index (χ0v) is 19.8. The van der Waals surface area contributed by atoms with Crippen LogP contribution >= 0.6 is 0 Å². The third-order valence-electron chi connectivity index (χ3n) is 5.29. The van der Waals surface area contributed by atoms with Gasteiger partial charge >= 0.3 is 12.5 Å². The molecule has 0 atom stereocenters. The molecule has 0 saturated heterocycles. The molecular formula is C26H21F2NO6S. The van der Waals surface area contributed by atoms with Crippen molar-refractivity contribution in [3.63, 3.8) is 0 Å². The van der Waals surface area contributed by atoms with Crippen LogP contribution < -0.4 is 14.2 Å². The second-order valence-corrected chi connectivity index (χ2v) is 9.36. The largest absolute Gasteiger partial charge is 0.489 e. The summed E-state index contributed by atoms with van der Waals surface area (Å²) >= 11 is 0. The number of alkyl halides is 2. The van der Waals surface area contributed by atoms with E-state index < -0.39 is 22.5 Å². The van der Waals surface area contributed by atoms with Crippen molar-refractivity contribution in [2.24, 2.45) is 0 Å². The van der Waals surface area contributed by atoms with Crippen LogP contribution in [0, 0.1) is 6.92 Å². The Kier molecular flexibility index (Phi) is 7.35. The molecule has 0 unspecified atom stereocenters. The normalized spacial score (nSPS) is 11.3. The molecule has 0 fully saturated rings. The second kappa shape index (κ2) is 10.6. The lowest BCUT2D eigenvalue weighted by Crippen LogP contribution is -2.30. The number of hydrogen-bond acceptors (Lipinski definition) is 6. The van der Waals surface area contributed by atoms with Crippen molar-refractivity contribution in [3.8, 4) is 22.6 Å². The summed E-state index contributed by atoms with van der Waals surface area (Å²) in [6.07, 6.45) is 1.34. The Labute approximate surface area is 206 Å². The molecule has 1 amide bonds. The number of sulfonamides is 1. The molecule has 0 aliphatic carbocycles. The summed E-state index contributed by atoms with van der Waals surface area (Å²) in [5, 5.41) is 0. The first-order valence-electron chi connectivity index (χ1n) is 10.7. The molecule has 1 N–H and O–H groups in total. The zero-order valence-electron chi connectivity index (χ0n) is 19.0. The van der Waals surface area contributed by atoms with Crippen molar-refractivity contribution in [3.05, 3.63) is 102 Å². The Balaban J connectivity index is 1.38. The van der Waals surface area contributed by atoms with Gasteiger partial charge in [0.05, 0.1) is 11.2 Å². The molecule has 0 aliphatic heterocycles. The Morgan fingerprint density at radius 2 is 1.50 bits per heavy atom. The third-order valence-corrected chi connectivity index (χ3v) is 6.64. The van der Waals surface area contributed by atoms with Crippen LogP contribution in [0.15, 0.2) is 94.4 Å². The zero-order chi connectivity index (χ0) is 25.7. The highest BCUT2D eigenvalue weighted by Gasteiger charge is 2.23. The average molecular weight is 514 g/mol. The molecule has 1 aromatic heterocycles. The van der Waals surface area contributed by atoms with Gasteiger partial charge in [-0.25, -0.2) is 13.1 Å². The lowest BCUT2D eigenvalue weighted by atomic mass is 10.1. The second-order valence-electron chi connectivity index (χ2n) is 7.68. The molecule has 36 heavy (non-hydrogen) atoms. The van der Waals surface area contributed by atoms with Crippen LogP contribution in [0.1, 0.15) is 21.7 Å². The molecule has 10 heteroatoms. The maximum atomic E-state index is 12.5. The number of halogens is 2. The first kappa shape index (κ1) is 24.9. The first-order valence-corrected chi connectivity index (χ1v) is 12.2. The van der Waals surface area contributed by atoms with Crippen LogP contribution in [0.3, 0.4) is 0 Å². The molecule has 7 nitrogen and oxygen atoms in total. The molecule has 1 heterocycles. The summed E-state index contributed by atoms with van der Waals surface area (Å²) in [7, 11) is -4.04. The van der Waals surface area contributed by atoms with Gasteiger partial charge in [0.1, 0.15) is 18.1 Å². The standard InChI is InChI=1S/C26H21F2NO6S/c1-17-20(16-34-24(17)25(30)29-36(31,32)23-5-3-2-4-6-23)15-33-21-11-7-18(8-12-21)19-9-13-22(14-10-19)35-26(27)28/h2-14,16,26H,15H2,1H3,(H,29,30). The lowest BCUT2D eigenvalue weighted by molar-refractivity contribution is -0.0498. The summed E-state index contributed by atoms with van der Waals surface area (Å²) in [5.74, 6) is -0.371. The highest BCUT2D eigenvalue weighted by molar-refractivity contribution is 7.90. The lowest BCUT2D eigenvalue weighted by Gasteiger charge is -2.09. The van der Waals surface area contributed by atoms with Crippen LogP contribution in [0.2, 0.25) is 0 Å². The van der Waals surface area contributed by atoms with Crippen molar-refractivity contribution in [2.75, 3.05) is 0 Å². The van der Waals surface area contributed by atoms with Crippen molar-refractivity contribution >= 4 is 15.9 Å². The summed E-state index contributed by atoms with van der Waals surface area (Å²) in [4.78, 5) is 12.5. The van der Waals surface area contributed by atoms with Gasteiger partial charge in [0.15, 0.2) is 5.76 Å². The Morgan fingerprint density at radius 1 is 0.917 bits per heavy atom. The number of ether oxygens (including phenoxy) is 2. The van der Waals surface area contributed by atoms with Crippen molar-refractivity contribution in [1.82, 2.24) is 4.72 Å². The predicted molar refractivity (Wildman–Crippen MR) is 127 cm³/mol. The number of amides is 1. The fourth-order valence-corrected chi connectivity index (χ4v) is 4.35. The smallest absolute Gasteiger partial charge is 0.387 e. The van der Waals surface area contributed by atoms with E-state index in [4.69, 9.17) is 9.15 Å². The van der Waals surface area contributed by atoms with Gasteiger partial charge in [0, 0.05) is 11.1 Å². The SMILES string of the molecule is Cc1c(COc2ccc(-c3ccc(OC(F)F)cc3)cc2)coc1C(=O)NS(=O)(=O)c1ccccc1. The fraction of sp³-hybridized carbons (Fsp3) is 0.115. The van der Waals surface area contributed by atoms with Crippen LogP contribution in [0.4, 0.5) is 8.78 Å². The molecule has 0 aliphatic rings. The molecule has 0 bridgehead atoms. The Bertz CT molecular complexity index is 1430. The number of carbonyl (C=O) groups excluding carboxylic acids is 1. The van der Waals surface area contributed by atoms with Crippen LogP contribution in [-0.4, -0.2) is 20.9 Å². The van der Waals surface area contributed by atoms with Gasteiger partial charge in [-0.2, -0.15) is 8.78 Å². The highest BCUT2D eigenvalue weighted by atomic mass is 32.2. The van der Waals surface area contributed by atoms with Crippen molar-refractivity contribution in [2.45, 2.75) is 25.0 Å². The van der Waals surface area contributed by atoms with E-state index in [2.05, 4.69) is 4.74 Å². The van der Waals surface area contributed by atoms with Gasteiger partial charge in [-0.15, -0.1) is 0 Å². The van der Waals surface area contributed by atoms with Gasteiger partial charge in [-0.3, -0.25) is 4.79 Å². The maximum Gasteiger partial charge on any atom is 0.387 e. The highest BCUT2D eigenvalue weighted by Crippen LogP contribution is 2.26. The monoisotopic (exact) mass is 513 g/mol. The topological polar surface area (TPSA) is 94.8 Å².